The highest BCUT2D eigenvalue weighted by atomic mass is 35.5. The molecule has 2 aromatic carbocycles. The van der Waals surface area contributed by atoms with Crippen LogP contribution in [0.5, 0.6) is 5.75 Å². The lowest BCUT2D eigenvalue weighted by Gasteiger charge is -2.17. The number of nitrogens with zero attached hydrogens (tertiary/aromatic N) is 1. The lowest BCUT2D eigenvalue weighted by atomic mass is 9.96. The maximum Gasteiger partial charge on any atom is 0.124 e. The van der Waals surface area contributed by atoms with Gasteiger partial charge in [0.1, 0.15) is 5.75 Å². The summed E-state index contributed by atoms with van der Waals surface area (Å²) in [7, 11) is 1.63. The Morgan fingerprint density at radius 3 is 2.71 bits per heavy atom. The van der Waals surface area contributed by atoms with Crippen molar-refractivity contribution in [2.45, 2.75) is 6.04 Å². The highest BCUT2D eigenvalue weighted by Crippen LogP contribution is 2.33. The second kappa shape index (κ2) is 5.72. The molecule has 0 aliphatic rings. The third-order valence-corrected chi connectivity index (χ3v) is 3.76. The minimum absolute atomic E-state index is 0.350. The molecule has 21 heavy (non-hydrogen) atoms. The zero-order valence-electron chi connectivity index (χ0n) is 11.6. The van der Waals surface area contributed by atoms with E-state index in [9.17, 15) is 0 Å². The molecule has 1 atom stereocenters. The standard InChI is InChI=1S/C17H15ClN2O/c1-21-15-8-7-12(18)10-14(15)16(19)13-6-2-4-11-5-3-9-20-17(11)13/h2-10,16H,19H2,1H3. The fourth-order valence-electron chi connectivity index (χ4n) is 2.49. The maximum atomic E-state index is 6.45. The minimum atomic E-state index is -0.350. The quantitative estimate of drug-likeness (QED) is 0.796. The van der Waals surface area contributed by atoms with Gasteiger partial charge in [0, 0.05) is 22.2 Å². The number of para-hydroxylation sites is 1. The van der Waals surface area contributed by atoms with Gasteiger partial charge in [-0.3, -0.25) is 4.98 Å². The number of pyridine rings is 1. The van der Waals surface area contributed by atoms with Crippen molar-refractivity contribution in [3.63, 3.8) is 0 Å². The van der Waals surface area contributed by atoms with Gasteiger partial charge in [-0.15, -0.1) is 0 Å². The van der Waals surface area contributed by atoms with Gasteiger partial charge in [-0.2, -0.15) is 0 Å². The molecule has 0 fully saturated rings. The first-order valence-electron chi connectivity index (χ1n) is 6.63. The summed E-state index contributed by atoms with van der Waals surface area (Å²) in [5.41, 5.74) is 9.15. The third-order valence-electron chi connectivity index (χ3n) is 3.53. The Balaban J connectivity index is 2.17. The van der Waals surface area contributed by atoms with Crippen LogP contribution in [0.25, 0.3) is 10.9 Å². The smallest absolute Gasteiger partial charge is 0.124 e. The van der Waals surface area contributed by atoms with Crippen LogP contribution in [0.3, 0.4) is 0 Å². The predicted molar refractivity (Wildman–Crippen MR) is 85.8 cm³/mol. The number of hydrogen-bond acceptors (Lipinski definition) is 3. The van der Waals surface area contributed by atoms with Crippen LogP contribution < -0.4 is 10.5 Å². The van der Waals surface area contributed by atoms with Crippen LogP contribution in [0.4, 0.5) is 0 Å². The lowest BCUT2D eigenvalue weighted by molar-refractivity contribution is 0.408. The normalized spacial score (nSPS) is 12.3. The number of hydrogen-bond donors (Lipinski definition) is 1. The van der Waals surface area contributed by atoms with Gasteiger partial charge in [0.05, 0.1) is 18.7 Å². The van der Waals surface area contributed by atoms with E-state index in [2.05, 4.69) is 4.98 Å². The minimum Gasteiger partial charge on any atom is -0.496 e. The predicted octanol–water partition coefficient (Wildman–Crippen LogP) is 3.94. The van der Waals surface area contributed by atoms with Crippen molar-refractivity contribution in [2.75, 3.05) is 7.11 Å². The number of methoxy groups -OCH3 is 1. The molecule has 3 rings (SSSR count). The van der Waals surface area contributed by atoms with Crippen LogP contribution in [-0.4, -0.2) is 12.1 Å². The van der Waals surface area contributed by atoms with E-state index in [1.54, 1.807) is 19.4 Å². The van der Waals surface area contributed by atoms with Crippen molar-refractivity contribution in [1.82, 2.24) is 4.98 Å². The molecule has 1 aromatic heterocycles. The fraction of sp³-hybridized carbons (Fsp3) is 0.118. The summed E-state index contributed by atoms with van der Waals surface area (Å²) in [6, 6.07) is 15.0. The topological polar surface area (TPSA) is 48.1 Å². The van der Waals surface area contributed by atoms with E-state index in [4.69, 9.17) is 22.1 Å². The van der Waals surface area contributed by atoms with E-state index in [1.165, 1.54) is 0 Å². The SMILES string of the molecule is COc1ccc(Cl)cc1C(N)c1cccc2cccnc12. The Kier molecular flexibility index (Phi) is 3.78. The average Bonchev–Trinajstić information content (AvgIpc) is 2.53. The van der Waals surface area contributed by atoms with Crippen LogP contribution in [0, 0.1) is 0 Å². The molecule has 0 saturated carbocycles. The summed E-state index contributed by atoms with van der Waals surface area (Å²) in [5, 5.41) is 1.70. The molecule has 3 nitrogen and oxygen atoms in total. The number of halogens is 1. The largest absolute Gasteiger partial charge is 0.496 e. The van der Waals surface area contributed by atoms with Gasteiger partial charge in [-0.25, -0.2) is 0 Å². The molecule has 2 N–H and O–H groups in total. The van der Waals surface area contributed by atoms with E-state index < -0.39 is 0 Å². The summed E-state index contributed by atoms with van der Waals surface area (Å²) in [6.45, 7) is 0. The van der Waals surface area contributed by atoms with Gasteiger partial charge >= 0.3 is 0 Å². The average molecular weight is 299 g/mol. The Labute approximate surface area is 128 Å². The zero-order chi connectivity index (χ0) is 14.8. The lowest BCUT2D eigenvalue weighted by Crippen LogP contribution is -2.14. The second-order valence-corrected chi connectivity index (χ2v) is 5.22. The molecule has 0 aliphatic heterocycles. The van der Waals surface area contributed by atoms with Crippen molar-refractivity contribution >= 4 is 22.5 Å². The number of fused-ring (bicyclic) bond motifs is 1. The summed E-state index contributed by atoms with van der Waals surface area (Å²) >= 11 is 6.10. The molecule has 106 valence electrons. The highest BCUT2D eigenvalue weighted by molar-refractivity contribution is 6.30. The first-order chi connectivity index (χ1) is 10.2. The van der Waals surface area contributed by atoms with E-state index in [0.717, 1.165) is 27.8 Å². The molecule has 0 aliphatic carbocycles. The second-order valence-electron chi connectivity index (χ2n) is 4.79. The van der Waals surface area contributed by atoms with Crippen LogP contribution in [0.1, 0.15) is 17.2 Å². The maximum absolute atomic E-state index is 6.45. The molecule has 0 spiro atoms. The monoisotopic (exact) mass is 298 g/mol. The van der Waals surface area contributed by atoms with Gasteiger partial charge in [0.2, 0.25) is 0 Å². The Morgan fingerprint density at radius 2 is 1.90 bits per heavy atom. The molecular weight excluding hydrogens is 284 g/mol. The van der Waals surface area contributed by atoms with E-state index >= 15 is 0 Å². The summed E-state index contributed by atoms with van der Waals surface area (Å²) in [5.74, 6) is 0.722. The Morgan fingerprint density at radius 1 is 1.10 bits per heavy atom. The molecular formula is C17H15ClN2O. The van der Waals surface area contributed by atoms with Crippen LogP contribution in [0.2, 0.25) is 5.02 Å². The summed E-state index contributed by atoms with van der Waals surface area (Å²) < 4.78 is 5.40. The van der Waals surface area contributed by atoms with Gasteiger partial charge in [0.15, 0.2) is 0 Å². The summed E-state index contributed by atoms with van der Waals surface area (Å²) in [4.78, 5) is 4.45. The molecule has 0 radical (unpaired) electrons. The highest BCUT2D eigenvalue weighted by Gasteiger charge is 2.17. The number of benzene rings is 2. The van der Waals surface area contributed by atoms with Gasteiger partial charge in [0.25, 0.3) is 0 Å². The molecule has 3 aromatic rings. The van der Waals surface area contributed by atoms with Crippen LogP contribution >= 0.6 is 11.6 Å². The third kappa shape index (κ3) is 2.58. The van der Waals surface area contributed by atoms with E-state index in [0.29, 0.717) is 5.02 Å². The van der Waals surface area contributed by atoms with E-state index in [1.807, 2.05) is 42.5 Å². The molecule has 1 heterocycles. The molecule has 0 amide bonds. The van der Waals surface area contributed by atoms with Gasteiger partial charge < -0.3 is 10.5 Å². The van der Waals surface area contributed by atoms with Crippen molar-refractivity contribution in [3.8, 4) is 5.75 Å². The number of nitrogens with two attached hydrogens (primary N) is 1. The van der Waals surface area contributed by atoms with E-state index in [-0.39, 0.29) is 6.04 Å². The first kappa shape index (κ1) is 13.9. The molecule has 0 saturated heterocycles. The Bertz CT molecular complexity index is 783. The van der Waals surface area contributed by atoms with Crippen LogP contribution in [-0.2, 0) is 0 Å². The summed E-state index contributed by atoms with van der Waals surface area (Å²) in [6.07, 6.45) is 1.77. The van der Waals surface area contributed by atoms with Crippen molar-refractivity contribution in [1.29, 1.82) is 0 Å². The first-order valence-corrected chi connectivity index (χ1v) is 7.01. The molecule has 4 heteroatoms. The van der Waals surface area contributed by atoms with Crippen molar-refractivity contribution < 1.29 is 4.74 Å². The number of aromatic nitrogens is 1. The van der Waals surface area contributed by atoms with Gasteiger partial charge in [-0.1, -0.05) is 35.9 Å². The molecule has 1 unspecified atom stereocenters. The van der Waals surface area contributed by atoms with Gasteiger partial charge in [-0.05, 0) is 29.8 Å². The van der Waals surface area contributed by atoms with Crippen molar-refractivity contribution in [3.05, 3.63) is 70.9 Å². The number of ether oxygens (including phenoxy) is 1. The number of rotatable bonds is 3. The van der Waals surface area contributed by atoms with Crippen LogP contribution in [0.15, 0.2) is 54.7 Å². The van der Waals surface area contributed by atoms with Crippen molar-refractivity contribution in [2.24, 2.45) is 5.73 Å². The molecule has 0 bridgehead atoms. The fourth-order valence-corrected chi connectivity index (χ4v) is 2.68. The Hall–Kier alpha value is -2.10. The zero-order valence-corrected chi connectivity index (χ0v) is 12.3.